The quantitative estimate of drug-likeness (QED) is 0.652. The van der Waals surface area contributed by atoms with Gasteiger partial charge < -0.3 is 5.32 Å². The minimum atomic E-state index is -0.491. The molecule has 0 aliphatic carbocycles. The van der Waals surface area contributed by atoms with Crippen molar-refractivity contribution in [1.29, 1.82) is 0 Å². The first kappa shape index (κ1) is 16.7. The van der Waals surface area contributed by atoms with Crippen LogP contribution in [0, 0.1) is 5.82 Å². The van der Waals surface area contributed by atoms with E-state index in [0.29, 0.717) is 9.63 Å². The Hall–Kier alpha value is -2.19. The number of hydrogen-bond acceptors (Lipinski definition) is 4. The van der Waals surface area contributed by atoms with Crippen LogP contribution in [0.2, 0.25) is 0 Å². The number of hydrogen-bond donors (Lipinski definition) is 1. The maximum atomic E-state index is 13.7. The molecular formula is C16H12BrFN4OS. The maximum Gasteiger partial charge on any atom is 0.234 e. The number of benzene rings is 2. The van der Waals surface area contributed by atoms with Crippen molar-refractivity contribution in [2.24, 2.45) is 0 Å². The number of halogens is 2. The molecule has 122 valence electrons. The van der Waals surface area contributed by atoms with Crippen LogP contribution in [0.4, 0.5) is 10.1 Å². The van der Waals surface area contributed by atoms with Crippen molar-refractivity contribution in [3.63, 3.8) is 0 Å². The summed E-state index contributed by atoms with van der Waals surface area (Å²) >= 11 is 4.36. The van der Waals surface area contributed by atoms with E-state index in [2.05, 4.69) is 31.3 Å². The van der Waals surface area contributed by atoms with Crippen molar-refractivity contribution in [3.05, 3.63) is 65.1 Å². The van der Waals surface area contributed by atoms with E-state index in [1.165, 1.54) is 23.9 Å². The molecule has 24 heavy (non-hydrogen) atoms. The van der Waals surface area contributed by atoms with E-state index in [1.807, 2.05) is 30.3 Å². The lowest BCUT2D eigenvalue weighted by molar-refractivity contribution is -0.113. The molecule has 0 radical (unpaired) electrons. The Balaban J connectivity index is 1.58. The first-order valence-electron chi connectivity index (χ1n) is 6.96. The molecule has 0 aliphatic rings. The monoisotopic (exact) mass is 406 g/mol. The highest BCUT2D eigenvalue weighted by Gasteiger charge is 2.10. The molecule has 5 nitrogen and oxygen atoms in total. The fourth-order valence-electron chi connectivity index (χ4n) is 1.93. The number of nitrogens with zero attached hydrogens (tertiary/aromatic N) is 3. The van der Waals surface area contributed by atoms with Gasteiger partial charge in [-0.3, -0.25) is 4.79 Å². The lowest BCUT2D eigenvalue weighted by Crippen LogP contribution is -2.15. The van der Waals surface area contributed by atoms with Gasteiger partial charge in [0, 0.05) is 4.47 Å². The van der Waals surface area contributed by atoms with Crippen molar-refractivity contribution < 1.29 is 9.18 Å². The third-order valence-corrected chi connectivity index (χ3v) is 4.37. The molecule has 1 heterocycles. The molecule has 8 heteroatoms. The molecule has 1 N–H and O–H groups in total. The van der Waals surface area contributed by atoms with Gasteiger partial charge in [-0.1, -0.05) is 45.9 Å². The van der Waals surface area contributed by atoms with Crippen molar-refractivity contribution in [1.82, 2.24) is 14.8 Å². The average molecular weight is 407 g/mol. The number of anilines is 1. The van der Waals surface area contributed by atoms with Crippen LogP contribution in [0.3, 0.4) is 0 Å². The zero-order valence-corrected chi connectivity index (χ0v) is 14.7. The molecule has 0 aliphatic heterocycles. The number of rotatable bonds is 5. The molecule has 0 spiro atoms. The number of para-hydroxylation sites is 1. The predicted octanol–water partition coefficient (Wildman–Crippen LogP) is 3.90. The summed E-state index contributed by atoms with van der Waals surface area (Å²) in [5, 5.41) is 7.30. The number of aromatic nitrogens is 3. The molecule has 3 rings (SSSR count). The molecule has 1 aromatic heterocycles. The Morgan fingerprint density at radius 1 is 1.25 bits per heavy atom. The van der Waals surface area contributed by atoms with Crippen molar-refractivity contribution >= 4 is 39.3 Å². The van der Waals surface area contributed by atoms with E-state index < -0.39 is 5.82 Å². The molecule has 0 atom stereocenters. The molecule has 3 aromatic rings. The van der Waals surface area contributed by atoms with Crippen LogP contribution in [-0.4, -0.2) is 26.4 Å². The molecule has 0 saturated carbocycles. The van der Waals surface area contributed by atoms with Gasteiger partial charge in [-0.15, -0.1) is 5.10 Å². The van der Waals surface area contributed by atoms with Crippen LogP contribution in [0.25, 0.3) is 5.69 Å². The second-order valence-corrected chi connectivity index (χ2v) is 6.63. The topological polar surface area (TPSA) is 59.8 Å². The molecule has 0 bridgehead atoms. The van der Waals surface area contributed by atoms with E-state index >= 15 is 0 Å². The SMILES string of the molecule is O=C(CSc1ncn(-c2ccccc2)n1)Nc1ccc(Br)cc1F. The highest BCUT2D eigenvalue weighted by molar-refractivity contribution is 9.10. The average Bonchev–Trinajstić information content (AvgIpc) is 3.05. The summed E-state index contributed by atoms with van der Waals surface area (Å²) < 4.78 is 15.9. The molecule has 2 aromatic carbocycles. The zero-order chi connectivity index (χ0) is 16.9. The van der Waals surface area contributed by atoms with Gasteiger partial charge in [0.2, 0.25) is 11.1 Å². The second-order valence-electron chi connectivity index (χ2n) is 4.77. The lowest BCUT2D eigenvalue weighted by atomic mass is 10.3. The Labute approximate surface area is 150 Å². The number of amides is 1. The van der Waals surface area contributed by atoms with E-state index in [4.69, 9.17) is 0 Å². The summed E-state index contributed by atoms with van der Waals surface area (Å²) in [6.07, 6.45) is 1.59. The van der Waals surface area contributed by atoms with Gasteiger partial charge >= 0.3 is 0 Å². The fourth-order valence-corrected chi connectivity index (χ4v) is 2.86. The van der Waals surface area contributed by atoms with Crippen LogP contribution < -0.4 is 5.32 Å². The third kappa shape index (κ3) is 4.21. The van der Waals surface area contributed by atoms with Crippen molar-refractivity contribution in [3.8, 4) is 5.69 Å². The summed E-state index contributed by atoms with van der Waals surface area (Å²) in [6.45, 7) is 0. The Morgan fingerprint density at radius 2 is 2.04 bits per heavy atom. The van der Waals surface area contributed by atoms with E-state index in [1.54, 1.807) is 17.1 Å². The smallest absolute Gasteiger partial charge is 0.234 e. The van der Waals surface area contributed by atoms with Crippen LogP contribution in [0.1, 0.15) is 0 Å². The standard InChI is InChI=1S/C16H12BrFN4OS/c17-11-6-7-14(13(18)8-11)20-15(23)9-24-16-19-10-22(21-16)12-4-2-1-3-5-12/h1-8,10H,9H2,(H,20,23). The minimum absolute atomic E-state index is 0.0916. The summed E-state index contributed by atoms with van der Waals surface area (Å²) in [4.78, 5) is 16.1. The van der Waals surface area contributed by atoms with Gasteiger partial charge in [0.25, 0.3) is 0 Å². The Bertz CT molecular complexity index is 856. The fraction of sp³-hybridized carbons (Fsp3) is 0.0625. The van der Waals surface area contributed by atoms with Gasteiger partial charge in [0.05, 0.1) is 17.1 Å². The van der Waals surface area contributed by atoms with Gasteiger partial charge in [-0.25, -0.2) is 14.1 Å². The maximum absolute atomic E-state index is 13.7. The first-order chi connectivity index (χ1) is 11.6. The van der Waals surface area contributed by atoms with Gasteiger partial charge in [0.15, 0.2) is 0 Å². The van der Waals surface area contributed by atoms with Crippen molar-refractivity contribution in [2.75, 3.05) is 11.1 Å². The van der Waals surface area contributed by atoms with Crippen LogP contribution in [0.5, 0.6) is 0 Å². The summed E-state index contributed by atoms with van der Waals surface area (Å²) in [5.41, 5.74) is 1.03. The van der Waals surface area contributed by atoms with Gasteiger partial charge in [-0.2, -0.15) is 0 Å². The van der Waals surface area contributed by atoms with Crippen LogP contribution >= 0.6 is 27.7 Å². The van der Waals surface area contributed by atoms with E-state index in [0.717, 1.165) is 5.69 Å². The Morgan fingerprint density at radius 3 is 2.79 bits per heavy atom. The number of nitrogens with one attached hydrogen (secondary N) is 1. The van der Waals surface area contributed by atoms with Crippen LogP contribution in [-0.2, 0) is 4.79 Å². The van der Waals surface area contributed by atoms with E-state index in [-0.39, 0.29) is 17.3 Å². The minimum Gasteiger partial charge on any atom is -0.323 e. The zero-order valence-electron chi connectivity index (χ0n) is 12.3. The molecule has 1 amide bonds. The second kappa shape index (κ2) is 7.59. The first-order valence-corrected chi connectivity index (χ1v) is 8.74. The number of thioether (sulfide) groups is 1. The van der Waals surface area contributed by atoms with Crippen LogP contribution in [0.15, 0.2) is 64.5 Å². The highest BCUT2D eigenvalue weighted by atomic mass is 79.9. The molecule has 0 saturated heterocycles. The molecule has 0 fully saturated rings. The number of carbonyl (C=O) groups excluding carboxylic acids is 1. The summed E-state index contributed by atoms with van der Waals surface area (Å²) in [5.74, 6) is -0.722. The predicted molar refractivity (Wildman–Crippen MR) is 94.8 cm³/mol. The largest absolute Gasteiger partial charge is 0.323 e. The molecular weight excluding hydrogens is 395 g/mol. The Kier molecular flexibility index (Phi) is 5.27. The normalized spacial score (nSPS) is 10.6. The highest BCUT2D eigenvalue weighted by Crippen LogP contribution is 2.20. The summed E-state index contributed by atoms with van der Waals surface area (Å²) in [6, 6.07) is 14.0. The van der Waals surface area contributed by atoms with Crippen molar-refractivity contribution in [2.45, 2.75) is 5.16 Å². The van der Waals surface area contributed by atoms with Gasteiger partial charge in [0.1, 0.15) is 12.1 Å². The summed E-state index contributed by atoms with van der Waals surface area (Å²) in [7, 11) is 0. The molecule has 0 unspecified atom stereocenters. The van der Waals surface area contributed by atoms with E-state index in [9.17, 15) is 9.18 Å². The number of carbonyl (C=O) groups is 1. The lowest BCUT2D eigenvalue weighted by Gasteiger charge is -2.05. The third-order valence-electron chi connectivity index (χ3n) is 3.03. The van der Waals surface area contributed by atoms with Gasteiger partial charge in [-0.05, 0) is 30.3 Å².